The van der Waals surface area contributed by atoms with Crippen LogP contribution in [0, 0.1) is 11.8 Å². The number of hydrogen-bond donors (Lipinski definition) is 1. The Labute approximate surface area is 213 Å². The maximum absolute atomic E-state index is 12.3. The van der Waals surface area contributed by atoms with Gasteiger partial charge in [0.2, 0.25) is 0 Å². The number of hydrogen-bond acceptors (Lipinski definition) is 4. The maximum Gasteiger partial charge on any atom is 0.309 e. The molecular formula is C31H34O5. The number of methoxy groups -OCH3 is 1. The highest BCUT2D eigenvalue weighted by Gasteiger charge is 2.51. The topological polar surface area (TPSA) is 65.0 Å². The third-order valence-corrected chi connectivity index (χ3v) is 7.71. The molecule has 2 aliphatic heterocycles. The number of ether oxygens (including phenoxy) is 3. The van der Waals surface area contributed by atoms with Gasteiger partial charge in [-0.2, -0.15) is 0 Å². The molecule has 0 saturated carbocycles. The Kier molecular flexibility index (Phi) is 6.76. The molecule has 0 bridgehead atoms. The van der Waals surface area contributed by atoms with Crippen LogP contribution in [0.2, 0.25) is 0 Å². The maximum atomic E-state index is 12.3. The molecule has 1 N–H and O–H groups in total. The summed E-state index contributed by atoms with van der Waals surface area (Å²) in [6.07, 6.45) is 2.13. The second-order valence-corrected chi connectivity index (χ2v) is 10.5. The van der Waals surface area contributed by atoms with Gasteiger partial charge in [0.05, 0.1) is 25.2 Å². The lowest BCUT2D eigenvalue weighted by molar-refractivity contribution is -0.188. The van der Waals surface area contributed by atoms with E-state index >= 15 is 0 Å². The summed E-state index contributed by atoms with van der Waals surface area (Å²) in [6.45, 7) is 4.09. The number of carboxylic acids is 1. The summed E-state index contributed by atoms with van der Waals surface area (Å²) in [4.78, 5) is 12.3. The minimum Gasteiger partial charge on any atom is -0.497 e. The van der Waals surface area contributed by atoms with Crippen molar-refractivity contribution >= 4 is 5.97 Å². The number of carboxylic acid groups (broad SMARTS) is 1. The van der Waals surface area contributed by atoms with E-state index in [1.807, 2.05) is 50.2 Å². The molecule has 0 aromatic heterocycles. The van der Waals surface area contributed by atoms with Crippen LogP contribution in [0.5, 0.6) is 11.5 Å². The van der Waals surface area contributed by atoms with E-state index in [1.54, 1.807) is 7.11 Å². The zero-order valence-corrected chi connectivity index (χ0v) is 21.1. The molecule has 3 aromatic rings. The quantitative estimate of drug-likeness (QED) is 0.428. The summed E-state index contributed by atoms with van der Waals surface area (Å²) in [5.41, 5.74) is 4.06. The second-order valence-electron chi connectivity index (χ2n) is 10.5. The standard InChI is InChI=1S/C31H34O5/c1-31(2)26-19-25(30(32)33)27(14-12-21-10-7-11-23(17-21)34-3)35-29(26)24-18-22(13-15-28(24)36-31)16-20-8-5-4-6-9-20/h4-11,13,15,17-18,25-27,29H,12,14,16,19H2,1-3H3,(H,32,33)/t25-,26-,27-,29+/m0/s1. The van der Waals surface area contributed by atoms with Crippen molar-refractivity contribution < 1.29 is 24.1 Å². The van der Waals surface area contributed by atoms with E-state index in [4.69, 9.17) is 14.2 Å². The lowest BCUT2D eigenvalue weighted by Gasteiger charge is -2.50. The summed E-state index contributed by atoms with van der Waals surface area (Å²) in [7, 11) is 1.65. The van der Waals surface area contributed by atoms with E-state index in [2.05, 4.69) is 36.4 Å². The summed E-state index contributed by atoms with van der Waals surface area (Å²) in [6, 6.07) is 24.7. The van der Waals surface area contributed by atoms with Gasteiger partial charge in [-0.05, 0) is 80.5 Å². The van der Waals surface area contributed by atoms with Gasteiger partial charge < -0.3 is 19.3 Å². The minimum atomic E-state index is -0.802. The van der Waals surface area contributed by atoms with Crippen LogP contribution in [0.25, 0.3) is 0 Å². The normalized spacial score (nSPS) is 24.2. The number of aryl methyl sites for hydroxylation is 1. The van der Waals surface area contributed by atoms with Crippen LogP contribution in [0.4, 0.5) is 0 Å². The monoisotopic (exact) mass is 486 g/mol. The van der Waals surface area contributed by atoms with Crippen molar-refractivity contribution in [3.8, 4) is 11.5 Å². The molecule has 2 heterocycles. The predicted molar refractivity (Wildman–Crippen MR) is 139 cm³/mol. The molecule has 5 nitrogen and oxygen atoms in total. The van der Waals surface area contributed by atoms with Crippen LogP contribution in [0.1, 0.15) is 55.0 Å². The van der Waals surface area contributed by atoms with Gasteiger partial charge in [0.15, 0.2) is 0 Å². The van der Waals surface area contributed by atoms with Gasteiger partial charge in [-0.25, -0.2) is 0 Å². The summed E-state index contributed by atoms with van der Waals surface area (Å²) < 4.78 is 18.5. The highest BCUT2D eigenvalue weighted by atomic mass is 16.5. The van der Waals surface area contributed by atoms with Crippen molar-refractivity contribution in [2.45, 2.75) is 57.3 Å². The van der Waals surface area contributed by atoms with Crippen LogP contribution in [0.15, 0.2) is 72.8 Å². The van der Waals surface area contributed by atoms with Gasteiger partial charge in [0.25, 0.3) is 0 Å². The average molecular weight is 487 g/mol. The molecule has 1 saturated heterocycles. The second kappa shape index (κ2) is 9.98. The van der Waals surface area contributed by atoms with Gasteiger partial charge >= 0.3 is 5.97 Å². The Bertz CT molecular complexity index is 1220. The third-order valence-electron chi connectivity index (χ3n) is 7.71. The molecular weight excluding hydrogens is 452 g/mol. The van der Waals surface area contributed by atoms with Gasteiger partial charge in [-0.1, -0.05) is 48.5 Å². The zero-order valence-electron chi connectivity index (χ0n) is 21.1. The van der Waals surface area contributed by atoms with Crippen molar-refractivity contribution in [3.05, 3.63) is 95.1 Å². The number of rotatable bonds is 7. The number of carbonyl (C=O) groups is 1. The van der Waals surface area contributed by atoms with Gasteiger partial charge in [-0.3, -0.25) is 4.79 Å². The van der Waals surface area contributed by atoms with E-state index in [1.165, 1.54) is 11.1 Å². The van der Waals surface area contributed by atoms with Crippen LogP contribution < -0.4 is 9.47 Å². The van der Waals surface area contributed by atoms with Gasteiger partial charge in [0.1, 0.15) is 17.1 Å². The first-order valence-electron chi connectivity index (χ1n) is 12.7. The Balaban J connectivity index is 1.42. The molecule has 36 heavy (non-hydrogen) atoms. The van der Waals surface area contributed by atoms with Crippen LogP contribution in [0.3, 0.4) is 0 Å². The van der Waals surface area contributed by atoms with Crippen molar-refractivity contribution in [1.29, 1.82) is 0 Å². The molecule has 3 aromatic carbocycles. The molecule has 1 fully saturated rings. The zero-order chi connectivity index (χ0) is 25.3. The number of benzene rings is 3. The number of fused-ring (bicyclic) bond motifs is 3. The van der Waals surface area contributed by atoms with Gasteiger partial charge in [0, 0.05) is 11.5 Å². The van der Waals surface area contributed by atoms with Crippen LogP contribution in [-0.4, -0.2) is 29.9 Å². The van der Waals surface area contributed by atoms with Crippen LogP contribution >= 0.6 is 0 Å². The number of aliphatic carboxylic acids is 1. The molecule has 0 unspecified atom stereocenters. The van der Waals surface area contributed by atoms with E-state index in [0.29, 0.717) is 12.8 Å². The average Bonchev–Trinajstić information content (AvgIpc) is 2.88. The third kappa shape index (κ3) is 4.98. The predicted octanol–water partition coefficient (Wildman–Crippen LogP) is 6.24. The van der Waals surface area contributed by atoms with Crippen LogP contribution in [-0.2, 0) is 22.4 Å². The molecule has 4 atom stereocenters. The fraction of sp³-hybridized carbons (Fsp3) is 0.387. The smallest absolute Gasteiger partial charge is 0.309 e. The Morgan fingerprint density at radius 1 is 1.00 bits per heavy atom. The molecule has 0 aliphatic carbocycles. The molecule has 2 aliphatic rings. The first kappa shape index (κ1) is 24.4. The minimum absolute atomic E-state index is 0.0499. The molecule has 5 rings (SSSR count). The molecule has 0 radical (unpaired) electrons. The van der Waals surface area contributed by atoms with Crippen molar-refractivity contribution in [3.63, 3.8) is 0 Å². The Morgan fingerprint density at radius 2 is 1.78 bits per heavy atom. The molecule has 5 heteroatoms. The highest BCUT2D eigenvalue weighted by Crippen LogP contribution is 2.52. The van der Waals surface area contributed by atoms with Gasteiger partial charge in [-0.15, -0.1) is 0 Å². The van der Waals surface area contributed by atoms with E-state index in [-0.39, 0.29) is 18.1 Å². The van der Waals surface area contributed by atoms with E-state index < -0.39 is 17.5 Å². The Hall–Kier alpha value is -3.31. The van der Waals surface area contributed by atoms with Crippen molar-refractivity contribution in [1.82, 2.24) is 0 Å². The lowest BCUT2D eigenvalue weighted by Crippen LogP contribution is -2.52. The van der Waals surface area contributed by atoms with E-state index in [9.17, 15) is 9.90 Å². The first-order valence-corrected chi connectivity index (χ1v) is 12.7. The van der Waals surface area contributed by atoms with E-state index in [0.717, 1.165) is 35.5 Å². The Morgan fingerprint density at radius 3 is 2.53 bits per heavy atom. The summed E-state index contributed by atoms with van der Waals surface area (Å²) in [5.74, 6) is 0.208. The molecule has 188 valence electrons. The summed E-state index contributed by atoms with van der Waals surface area (Å²) in [5, 5.41) is 10.1. The van der Waals surface area contributed by atoms with Crippen molar-refractivity contribution in [2.24, 2.45) is 11.8 Å². The van der Waals surface area contributed by atoms with Crippen molar-refractivity contribution in [2.75, 3.05) is 7.11 Å². The first-order chi connectivity index (χ1) is 17.3. The lowest BCUT2D eigenvalue weighted by atomic mass is 9.71. The fourth-order valence-corrected chi connectivity index (χ4v) is 5.75. The molecule has 0 spiro atoms. The fourth-order valence-electron chi connectivity index (χ4n) is 5.75. The molecule has 0 amide bonds. The SMILES string of the molecule is COc1cccc(CC[C@@H]2O[C@@H]3c4cc(Cc5ccccc5)ccc4OC(C)(C)[C@H]3C[C@@H]2C(=O)O)c1. The largest absolute Gasteiger partial charge is 0.497 e. The summed E-state index contributed by atoms with van der Waals surface area (Å²) >= 11 is 0. The highest BCUT2D eigenvalue weighted by molar-refractivity contribution is 5.71.